The van der Waals surface area contributed by atoms with Crippen LogP contribution in [-0.2, 0) is 17.6 Å². The largest absolute Gasteiger partial charge is 0.368 e. The molecule has 4 nitrogen and oxygen atoms in total. The molecular weight excluding hydrogens is 238 g/mol. The summed E-state index contributed by atoms with van der Waals surface area (Å²) in [5.74, 6) is 0.0635. The summed E-state index contributed by atoms with van der Waals surface area (Å²) in [5, 5.41) is 0. The zero-order valence-corrected chi connectivity index (χ0v) is 11.3. The number of benzene rings is 1. The Kier molecular flexibility index (Phi) is 3.42. The summed E-state index contributed by atoms with van der Waals surface area (Å²) in [5.41, 5.74) is 9.74. The van der Waals surface area contributed by atoms with Gasteiger partial charge in [0.05, 0.1) is 6.54 Å². The van der Waals surface area contributed by atoms with E-state index in [0.29, 0.717) is 0 Å². The molecule has 102 valence electrons. The van der Waals surface area contributed by atoms with Gasteiger partial charge in [0, 0.05) is 31.9 Å². The minimum atomic E-state index is 0.0635. The van der Waals surface area contributed by atoms with Gasteiger partial charge < -0.3 is 15.5 Å². The molecule has 0 aromatic heterocycles. The summed E-state index contributed by atoms with van der Waals surface area (Å²) in [6.07, 6.45) is 3.74. The number of hydrogen-bond acceptors (Lipinski definition) is 3. The Hall–Kier alpha value is -1.55. The van der Waals surface area contributed by atoms with E-state index >= 15 is 0 Å². The van der Waals surface area contributed by atoms with Crippen LogP contribution >= 0.6 is 0 Å². The van der Waals surface area contributed by atoms with Crippen LogP contribution < -0.4 is 10.6 Å². The van der Waals surface area contributed by atoms with Crippen LogP contribution in [0.3, 0.4) is 0 Å². The number of carbonyl (C=O) groups excluding carboxylic acids is 1. The monoisotopic (exact) mass is 259 g/mol. The molecule has 1 fully saturated rings. The van der Waals surface area contributed by atoms with E-state index in [1.54, 1.807) is 0 Å². The molecule has 1 aliphatic carbocycles. The van der Waals surface area contributed by atoms with E-state index < -0.39 is 0 Å². The highest BCUT2D eigenvalue weighted by Gasteiger charge is 2.21. The zero-order chi connectivity index (χ0) is 13.2. The summed E-state index contributed by atoms with van der Waals surface area (Å²) in [7, 11) is 0. The summed E-state index contributed by atoms with van der Waals surface area (Å²) in [6.45, 7) is 3.51. The molecule has 1 heterocycles. The molecule has 0 radical (unpaired) electrons. The van der Waals surface area contributed by atoms with Gasteiger partial charge in [-0.3, -0.25) is 4.79 Å². The molecule has 0 spiro atoms. The lowest BCUT2D eigenvalue weighted by Crippen LogP contribution is -2.50. The molecule has 3 rings (SSSR count). The summed E-state index contributed by atoms with van der Waals surface area (Å²) in [6, 6.07) is 6.84. The number of anilines is 1. The number of rotatable bonds is 2. The van der Waals surface area contributed by atoms with Crippen molar-refractivity contribution in [2.75, 3.05) is 37.6 Å². The number of fused-ring (bicyclic) bond motifs is 1. The Balaban J connectivity index is 1.67. The van der Waals surface area contributed by atoms with Crippen LogP contribution in [0.25, 0.3) is 0 Å². The minimum Gasteiger partial charge on any atom is -0.368 e. The lowest BCUT2D eigenvalue weighted by atomic mass is 10.1. The number of aryl methyl sites for hydroxylation is 2. The van der Waals surface area contributed by atoms with E-state index in [-0.39, 0.29) is 12.5 Å². The first kappa shape index (κ1) is 12.5. The molecule has 0 unspecified atom stereocenters. The number of amides is 1. The molecule has 1 aliphatic heterocycles. The van der Waals surface area contributed by atoms with Gasteiger partial charge in [-0.2, -0.15) is 0 Å². The normalized spacial score (nSPS) is 18.6. The highest BCUT2D eigenvalue weighted by atomic mass is 16.2. The molecular formula is C15H21N3O. The molecule has 0 bridgehead atoms. The number of piperazine rings is 1. The maximum Gasteiger partial charge on any atom is 0.236 e. The van der Waals surface area contributed by atoms with Crippen molar-refractivity contribution in [3.8, 4) is 0 Å². The molecule has 2 aliphatic rings. The van der Waals surface area contributed by atoms with Gasteiger partial charge in [-0.25, -0.2) is 0 Å². The predicted molar refractivity (Wildman–Crippen MR) is 76.3 cm³/mol. The molecule has 0 saturated carbocycles. The van der Waals surface area contributed by atoms with Gasteiger partial charge in [-0.1, -0.05) is 6.07 Å². The van der Waals surface area contributed by atoms with Crippen molar-refractivity contribution in [2.45, 2.75) is 19.3 Å². The van der Waals surface area contributed by atoms with Gasteiger partial charge >= 0.3 is 0 Å². The third-order valence-electron chi connectivity index (χ3n) is 4.25. The molecule has 1 aromatic rings. The standard InChI is InChI=1S/C15H21N3O/c16-11-15(19)18-8-6-17(7-9-18)14-5-4-12-2-1-3-13(12)10-14/h4-5,10H,1-3,6-9,11,16H2. The number of nitrogens with zero attached hydrogens (tertiary/aromatic N) is 2. The van der Waals surface area contributed by atoms with Gasteiger partial charge in [0.1, 0.15) is 0 Å². The van der Waals surface area contributed by atoms with Crippen molar-refractivity contribution in [2.24, 2.45) is 5.73 Å². The number of nitrogens with two attached hydrogens (primary N) is 1. The average Bonchev–Trinajstić information content (AvgIpc) is 2.94. The predicted octanol–water partition coefficient (Wildman–Crippen LogP) is 0.783. The Bertz CT molecular complexity index is 478. The highest BCUT2D eigenvalue weighted by molar-refractivity contribution is 5.78. The first-order valence-corrected chi connectivity index (χ1v) is 7.12. The van der Waals surface area contributed by atoms with Crippen molar-refractivity contribution >= 4 is 11.6 Å². The summed E-state index contributed by atoms with van der Waals surface area (Å²) >= 11 is 0. The molecule has 2 N–H and O–H groups in total. The second-order valence-corrected chi connectivity index (χ2v) is 5.38. The van der Waals surface area contributed by atoms with Crippen molar-refractivity contribution in [1.82, 2.24) is 4.90 Å². The fourth-order valence-electron chi connectivity index (χ4n) is 3.10. The van der Waals surface area contributed by atoms with Gasteiger partial charge in [0.15, 0.2) is 0 Å². The fraction of sp³-hybridized carbons (Fsp3) is 0.533. The molecule has 1 aromatic carbocycles. The van der Waals surface area contributed by atoms with Crippen molar-refractivity contribution in [3.63, 3.8) is 0 Å². The Morgan fingerprint density at radius 2 is 1.84 bits per heavy atom. The SMILES string of the molecule is NCC(=O)N1CCN(c2ccc3c(c2)CCC3)CC1. The van der Waals surface area contributed by atoms with Gasteiger partial charge in [0.25, 0.3) is 0 Å². The van der Waals surface area contributed by atoms with E-state index in [1.807, 2.05) is 4.90 Å². The molecule has 19 heavy (non-hydrogen) atoms. The van der Waals surface area contributed by atoms with E-state index in [9.17, 15) is 4.79 Å². The summed E-state index contributed by atoms with van der Waals surface area (Å²) < 4.78 is 0. The maximum absolute atomic E-state index is 11.5. The zero-order valence-electron chi connectivity index (χ0n) is 11.3. The lowest BCUT2D eigenvalue weighted by molar-refractivity contribution is -0.129. The van der Waals surface area contributed by atoms with Crippen molar-refractivity contribution < 1.29 is 4.79 Å². The maximum atomic E-state index is 11.5. The van der Waals surface area contributed by atoms with E-state index in [1.165, 1.54) is 36.1 Å². The van der Waals surface area contributed by atoms with Crippen molar-refractivity contribution in [1.29, 1.82) is 0 Å². The van der Waals surface area contributed by atoms with Crippen molar-refractivity contribution in [3.05, 3.63) is 29.3 Å². The van der Waals surface area contributed by atoms with Crippen LogP contribution in [-0.4, -0.2) is 43.5 Å². The van der Waals surface area contributed by atoms with Crippen LogP contribution in [0.5, 0.6) is 0 Å². The lowest BCUT2D eigenvalue weighted by Gasteiger charge is -2.36. The van der Waals surface area contributed by atoms with Crippen LogP contribution in [0.15, 0.2) is 18.2 Å². The molecule has 0 atom stereocenters. The van der Waals surface area contributed by atoms with Crippen LogP contribution in [0.4, 0.5) is 5.69 Å². The van der Waals surface area contributed by atoms with E-state index in [0.717, 1.165) is 26.2 Å². The number of hydrogen-bond donors (Lipinski definition) is 1. The minimum absolute atomic E-state index is 0.0635. The van der Waals surface area contributed by atoms with Crippen LogP contribution in [0.1, 0.15) is 17.5 Å². The summed E-state index contributed by atoms with van der Waals surface area (Å²) in [4.78, 5) is 15.8. The molecule has 1 saturated heterocycles. The van der Waals surface area contributed by atoms with Gasteiger partial charge in [-0.05, 0) is 42.5 Å². The molecule has 1 amide bonds. The molecule has 4 heteroatoms. The Morgan fingerprint density at radius 1 is 1.11 bits per heavy atom. The third kappa shape index (κ3) is 2.45. The smallest absolute Gasteiger partial charge is 0.236 e. The topological polar surface area (TPSA) is 49.6 Å². The third-order valence-corrected chi connectivity index (χ3v) is 4.25. The quantitative estimate of drug-likeness (QED) is 0.854. The number of carbonyl (C=O) groups is 1. The highest BCUT2D eigenvalue weighted by Crippen LogP contribution is 2.27. The first-order chi connectivity index (χ1) is 9.28. The second-order valence-electron chi connectivity index (χ2n) is 5.38. The first-order valence-electron chi connectivity index (χ1n) is 7.12. The van der Waals surface area contributed by atoms with Gasteiger partial charge in [0.2, 0.25) is 5.91 Å². The van der Waals surface area contributed by atoms with E-state index in [4.69, 9.17) is 5.73 Å². The fourth-order valence-corrected chi connectivity index (χ4v) is 3.10. The Morgan fingerprint density at radius 3 is 2.58 bits per heavy atom. The average molecular weight is 259 g/mol. The van der Waals surface area contributed by atoms with E-state index in [2.05, 4.69) is 23.1 Å². The van der Waals surface area contributed by atoms with Crippen LogP contribution in [0.2, 0.25) is 0 Å². The Labute approximate surface area is 114 Å². The van der Waals surface area contributed by atoms with Crippen LogP contribution in [0, 0.1) is 0 Å². The van der Waals surface area contributed by atoms with Gasteiger partial charge in [-0.15, -0.1) is 0 Å². The second kappa shape index (κ2) is 5.21.